The highest BCUT2D eigenvalue weighted by molar-refractivity contribution is 7.91. The van der Waals surface area contributed by atoms with Crippen molar-refractivity contribution in [1.29, 1.82) is 0 Å². The molecule has 3 heterocycles. The van der Waals surface area contributed by atoms with Crippen LogP contribution in [0.2, 0.25) is 0 Å². The third kappa shape index (κ3) is 6.96. The van der Waals surface area contributed by atoms with E-state index in [1.807, 2.05) is 12.2 Å². The second kappa shape index (κ2) is 13.1. The molecule has 1 unspecified atom stereocenters. The maximum absolute atomic E-state index is 14.9. The normalized spacial score (nSPS) is 29.2. The number of nitrogens with zero attached hydrogens (tertiary/aromatic N) is 2. The van der Waals surface area contributed by atoms with Crippen LogP contribution < -0.4 is 25.2 Å². The van der Waals surface area contributed by atoms with Crippen LogP contribution >= 0.6 is 0 Å². The van der Waals surface area contributed by atoms with Gasteiger partial charge in [0.1, 0.15) is 29.0 Å². The molecule has 1 aromatic heterocycles. The van der Waals surface area contributed by atoms with Gasteiger partial charge in [0.15, 0.2) is 11.6 Å². The second-order valence-electron chi connectivity index (χ2n) is 14.2. The van der Waals surface area contributed by atoms with Crippen molar-refractivity contribution in [2.75, 3.05) is 6.54 Å². The third-order valence-corrected chi connectivity index (χ3v) is 12.1. The molecule has 4 aliphatic rings. The molecule has 3 amide bonds. The van der Waals surface area contributed by atoms with Crippen molar-refractivity contribution in [2.24, 2.45) is 11.7 Å². The number of nitrogens with two attached hydrogens (primary N) is 1. The summed E-state index contributed by atoms with van der Waals surface area (Å²) in [6, 6.07) is 1.73. The van der Waals surface area contributed by atoms with Crippen molar-refractivity contribution in [3.05, 3.63) is 42.0 Å². The van der Waals surface area contributed by atoms with Crippen LogP contribution in [0.4, 0.5) is 8.78 Å². The van der Waals surface area contributed by atoms with E-state index in [1.165, 1.54) is 17.0 Å². The Balaban J connectivity index is 1.31. The Hall–Kier alpha value is -3.85. The van der Waals surface area contributed by atoms with Crippen LogP contribution in [-0.4, -0.2) is 77.1 Å². The highest BCUT2D eigenvalue weighted by Gasteiger charge is 2.63. The summed E-state index contributed by atoms with van der Waals surface area (Å²) in [5.41, 5.74) is 4.53. The first-order chi connectivity index (χ1) is 23.1. The first kappa shape index (κ1) is 35.0. The highest BCUT2D eigenvalue weighted by atomic mass is 32.2. The van der Waals surface area contributed by atoms with Crippen molar-refractivity contribution >= 4 is 38.6 Å². The molecule has 0 bridgehead atoms. The summed E-state index contributed by atoms with van der Waals surface area (Å²) in [5, 5.41) is 2.99. The number of carbonyl (C=O) groups excluding carboxylic acids is 3. The molecule has 1 saturated heterocycles. The van der Waals surface area contributed by atoms with Crippen LogP contribution in [0, 0.1) is 17.6 Å². The van der Waals surface area contributed by atoms with E-state index in [0.717, 1.165) is 25.3 Å². The summed E-state index contributed by atoms with van der Waals surface area (Å²) in [4.78, 5) is 47.0. The van der Waals surface area contributed by atoms with Gasteiger partial charge in [0.05, 0.1) is 23.4 Å². The summed E-state index contributed by atoms with van der Waals surface area (Å²) < 4.78 is 68.2. The van der Waals surface area contributed by atoms with Gasteiger partial charge in [0.25, 0.3) is 5.91 Å². The predicted octanol–water partition coefficient (Wildman–Crippen LogP) is 3.37. The van der Waals surface area contributed by atoms with E-state index in [1.54, 1.807) is 20.8 Å². The van der Waals surface area contributed by atoms with E-state index >= 15 is 0 Å². The first-order valence-corrected chi connectivity index (χ1v) is 18.4. The Morgan fingerprint density at radius 2 is 1.94 bits per heavy atom. The second-order valence-corrected chi connectivity index (χ2v) is 16.4. The molecule has 2 aromatic rings. The Morgan fingerprint density at radius 3 is 2.65 bits per heavy atom. The predicted molar refractivity (Wildman–Crippen MR) is 176 cm³/mol. The van der Waals surface area contributed by atoms with E-state index in [0.29, 0.717) is 25.7 Å². The Morgan fingerprint density at radius 1 is 1.18 bits per heavy atom. The number of aromatic nitrogens is 1. The molecule has 2 aliphatic heterocycles. The molecular weight excluding hydrogens is 660 g/mol. The minimum atomic E-state index is -3.98. The number of sulfonamides is 1. The molecule has 15 heteroatoms. The van der Waals surface area contributed by atoms with Crippen LogP contribution in [0.1, 0.15) is 78.6 Å². The van der Waals surface area contributed by atoms with Crippen molar-refractivity contribution in [1.82, 2.24) is 19.9 Å². The summed E-state index contributed by atoms with van der Waals surface area (Å²) in [7, 11) is -3.98. The van der Waals surface area contributed by atoms with Crippen LogP contribution in [0.3, 0.4) is 0 Å². The molecule has 0 radical (unpaired) electrons. The fraction of sp³-hybridized carbons (Fsp3) is 0.588. The molecule has 12 nitrogen and oxygen atoms in total. The Kier molecular flexibility index (Phi) is 9.37. The standard InChI is InChI=1S/C34H43F2N5O7S/c1-19(2)47-27-16-26(22-11-12-23(35)28(36)29(22)38-27)48-21-15-25-30(42)39-34(32(44)40-49(45,46)33(3)13-14-33)17-20(34)9-7-5-4-6-8-10-24(37)31(43)41(25)18-21/h7,9,11-12,16,19-21,24-25H,4-6,8,10,13-15,17-18,37H2,1-3H3,(H,39,42)(H,40,44)/b9-7-/t20?,21-,24+,25+,34-/m1/s1. The van der Waals surface area contributed by atoms with E-state index in [2.05, 4.69) is 15.0 Å². The lowest BCUT2D eigenvalue weighted by molar-refractivity contribution is -0.140. The zero-order chi connectivity index (χ0) is 35.3. The topological polar surface area (TPSA) is 170 Å². The average Bonchev–Trinajstić information content (AvgIpc) is 3.91. The highest BCUT2D eigenvalue weighted by Crippen LogP contribution is 2.47. The summed E-state index contributed by atoms with van der Waals surface area (Å²) in [6.07, 6.45) is 7.14. The number of halogens is 2. The van der Waals surface area contributed by atoms with Crippen LogP contribution in [0.15, 0.2) is 30.4 Å². The number of carbonyl (C=O) groups is 3. The number of pyridine rings is 1. The summed E-state index contributed by atoms with van der Waals surface area (Å²) in [6.45, 7) is 5.01. The molecule has 5 atom stereocenters. The van der Waals surface area contributed by atoms with Gasteiger partial charge >= 0.3 is 0 Å². The number of hydrogen-bond acceptors (Lipinski definition) is 9. The first-order valence-electron chi connectivity index (χ1n) is 16.9. The lowest BCUT2D eigenvalue weighted by atomic mass is 10.1. The number of ether oxygens (including phenoxy) is 2. The molecule has 6 rings (SSSR count). The lowest BCUT2D eigenvalue weighted by Gasteiger charge is -2.28. The van der Waals surface area contributed by atoms with Crippen LogP contribution in [-0.2, 0) is 24.4 Å². The maximum Gasteiger partial charge on any atom is 0.259 e. The van der Waals surface area contributed by atoms with Gasteiger partial charge in [-0.25, -0.2) is 22.2 Å². The fourth-order valence-corrected chi connectivity index (χ4v) is 7.91. The van der Waals surface area contributed by atoms with Gasteiger partial charge in [-0.15, -0.1) is 0 Å². The van der Waals surface area contributed by atoms with Gasteiger partial charge < -0.3 is 25.4 Å². The number of hydrogen-bond donors (Lipinski definition) is 3. The lowest BCUT2D eigenvalue weighted by Crippen LogP contribution is -2.58. The molecular formula is C34H43F2N5O7S. The van der Waals surface area contributed by atoms with Crippen molar-refractivity contribution in [3.8, 4) is 11.6 Å². The van der Waals surface area contributed by atoms with E-state index < -0.39 is 73.8 Å². The number of allylic oxidation sites excluding steroid dienone is 1. The van der Waals surface area contributed by atoms with E-state index in [-0.39, 0.29) is 48.0 Å². The number of rotatable bonds is 7. The zero-order valence-electron chi connectivity index (χ0n) is 27.8. The van der Waals surface area contributed by atoms with Gasteiger partial charge in [-0.2, -0.15) is 0 Å². The molecule has 266 valence electrons. The third-order valence-electron chi connectivity index (χ3n) is 9.98. The van der Waals surface area contributed by atoms with Gasteiger partial charge in [-0.05, 0) is 71.4 Å². The van der Waals surface area contributed by atoms with Crippen LogP contribution in [0.5, 0.6) is 11.6 Å². The fourth-order valence-electron chi connectivity index (χ4n) is 6.60. The molecule has 1 aromatic carbocycles. The number of amides is 3. The van der Waals surface area contributed by atoms with Gasteiger partial charge in [-0.3, -0.25) is 19.1 Å². The smallest absolute Gasteiger partial charge is 0.259 e. The summed E-state index contributed by atoms with van der Waals surface area (Å²) in [5.74, 6) is -4.53. The Bertz CT molecular complexity index is 1800. The molecule has 0 spiro atoms. The quantitative estimate of drug-likeness (QED) is 0.366. The maximum atomic E-state index is 14.9. The van der Waals surface area contributed by atoms with Crippen LogP contribution in [0.25, 0.3) is 10.9 Å². The van der Waals surface area contributed by atoms with Gasteiger partial charge in [0, 0.05) is 23.8 Å². The summed E-state index contributed by atoms with van der Waals surface area (Å²) >= 11 is 0. The molecule has 2 aliphatic carbocycles. The van der Waals surface area contributed by atoms with Gasteiger partial charge in [-0.1, -0.05) is 25.0 Å². The number of fused-ring (bicyclic) bond motifs is 3. The number of benzene rings is 1. The van der Waals surface area contributed by atoms with Gasteiger partial charge in [0.2, 0.25) is 27.7 Å². The van der Waals surface area contributed by atoms with E-state index in [4.69, 9.17) is 15.2 Å². The monoisotopic (exact) mass is 703 g/mol. The molecule has 4 N–H and O–H groups in total. The Labute approximate surface area is 284 Å². The van der Waals surface area contributed by atoms with Crippen molar-refractivity contribution < 1.29 is 41.1 Å². The average molecular weight is 704 g/mol. The molecule has 49 heavy (non-hydrogen) atoms. The van der Waals surface area contributed by atoms with Crippen molar-refractivity contribution in [3.63, 3.8) is 0 Å². The van der Waals surface area contributed by atoms with Crippen molar-refractivity contribution in [2.45, 2.75) is 113 Å². The van der Waals surface area contributed by atoms with E-state index in [9.17, 15) is 31.6 Å². The largest absolute Gasteiger partial charge is 0.488 e. The minimum Gasteiger partial charge on any atom is -0.488 e. The molecule has 3 fully saturated rings. The zero-order valence-corrected chi connectivity index (χ0v) is 28.7. The minimum absolute atomic E-state index is 0.00137. The molecule has 2 saturated carbocycles. The number of nitrogens with one attached hydrogen (secondary N) is 2. The SMILES string of the molecule is CC(C)Oc1cc(O[C@@H]2C[C@H]3C(=O)N[C@]4(C(=O)NS(=O)(=O)C5(C)CC5)CC4/C=C\CCCCC[C@H](N)C(=O)N3C2)c2ccc(F)c(F)c2n1.